The van der Waals surface area contributed by atoms with Crippen LogP contribution in [-0.2, 0) is 9.53 Å². The predicted octanol–water partition coefficient (Wildman–Crippen LogP) is 4.17. The fraction of sp³-hybridized carbons (Fsp3) is 0.667. The number of rotatable bonds is 2. The number of ether oxygens (including phenoxy) is 1. The first-order valence-electron chi connectivity index (χ1n) is 9.44. The van der Waals surface area contributed by atoms with Gasteiger partial charge in [0.05, 0.1) is 12.2 Å². The molecule has 3 rings (SSSR count). The summed E-state index contributed by atoms with van der Waals surface area (Å²) < 4.78 is 6.54. The monoisotopic (exact) mass is 345 g/mol. The third-order valence-electron chi connectivity index (χ3n) is 6.17. The van der Waals surface area contributed by atoms with E-state index >= 15 is 0 Å². The second kappa shape index (κ2) is 6.64. The number of benzene rings is 1. The summed E-state index contributed by atoms with van der Waals surface area (Å²) in [4.78, 5) is 11.9. The van der Waals surface area contributed by atoms with Crippen molar-refractivity contribution >= 4 is 5.91 Å². The maximum atomic E-state index is 11.9. The molecule has 5 atom stereocenters. The molecule has 0 bridgehead atoms. The highest BCUT2D eigenvalue weighted by molar-refractivity contribution is 5.73. The molecule has 25 heavy (non-hydrogen) atoms. The number of hydrogen-bond donors (Lipinski definition) is 2. The maximum Gasteiger partial charge on any atom is 0.217 e. The van der Waals surface area contributed by atoms with Crippen LogP contribution in [0.15, 0.2) is 12.1 Å². The third-order valence-corrected chi connectivity index (χ3v) is 6.17. The Morgan fingerprint density at radius 3 is 2.52 bits per heavy atom. The van der Waals surface area contributed by atoms with Crippen LogP contribution in [0.2, 0.25) is 0 Å². The highest BCUT2D eigenvalue weighted by Crippen LogP contribution is 2.48. The molecule has 1 amide bonds. The lowest BCUT2D eigenvalue weighted by atomic mass is 9.66. The van der Waals surface area contributed by atoms with E-state index in [1.807, 2.05) is 26.0 Å². The Kier molecular flexibility index (Phi) is 4.84. The van der Waals surface area contributed by atoms with E-state index in [1.54, 1.807) is 6.92 Å². The lowest BCUT2D eigenvalue weighted by Crippen LogP contribution is -2.60. The smallest absolute Gasteiger partial charge is 0.217 e. The fourth-order valence-electron chi connectivity index (χ4n) is 4.92. The standard InChI is InChI=1S/C21H31NO3/c1-12-6-7-17-18(8-12)25-19(11-21(17,5)22-15(4)23)16-9-13(2)20(24)14(3)10-16/h9-10,12,17-19,24H,6-8,11H2,1-5H3,(H,22,23)/t12-,17-,18-,19-,21+/m1/s1. The Morgan fingerprint density at radius 2 is 1.92 bits per heavy atom. The normalized spacial score (nSPS) is 35.1. The average molecular weight is 345 g/mol. The fourth-order valence-corrected chi connectivity index (χ4v) is 4.92. The van der Waals surface area contributed by atoms with Crippen LogP contribution >= 0.6 is 0 Å². The number of nitrogens with one attached hydrogen (secondary N) is 1. The van der Waals surface area contributed by atoms with Crippen molar-refractivity contribution in [3.05, 3.63) is 28.8 Å². The molecule has 1 aliphatic heterocycles. The summed E-state index contributed by atoms with van der Waals surface area (Å²) in [6.45, 7) is 9.91. The molecule has 0 radical (unpaired) electrons. The van der Waals surface area contributed by atoms with Gasteiger partial charge in [0.2, 0.25) is 5.91 Å². The molecule has 1 aliphatic carbocycles. The minimum atomic E-state index is -0.251. The van der Waals surface area contributed by atoms with Gasteiger partial charge >= 0.3 is 0 Å². The Bertz CT molecular complexity index is 648. The van der Waals surface area contributed by atoms with Gasteiger partial charge in [0, 0.05) is 24.8 Å². The van der Waals surface area contributed by atoms with Crippen LogP contribution in [0.1, 0.15) is 69.2 Å². The van der Waals surface area contributed by atoms with Crippen molar-refractivity contribution in [1.82, 2.24) is 5.32 Å². The van der Waals surface area contributed by atoms with Crippen LogP contribution in [0.4, 0.5) is 0 Å². The summed E-state index contributed by atoms with van der Waals surface area (Å²) in [5.74, 6) is 1.40. The number of amides is 1. The summed E-state index contributed by atoms with van der Waals surface area (Å²) in [7, 11) is 0. The quantitative estimate of drug-likeness (QED) is 0.846. The number of phenols is 1. The van der Waals surface area contributed by atoms with Gasteiger partial charge in [-0.1, -0.05) is 13.3 Å². The van der Waals surface area contributed by atoms with Crippen molar-refractivity contribution in [1.29, 1.82) is 0 Å². The minimum Gasteiger partial charge on any atom is -0.507 e. The van der Waals surface area contributed by atoms with E-state index in [0.717, 1.165) is 36.0 Å². The van der Waals surface area contributed by atoms with Gasteiger partial charge in [-0.15, -0.1) is 0 Å². The Balaban J connectivity index is 1.94. The third kappa shape index (κ3) is 3.55. The van der Waals surface area contributed by atoms with Gasteiger partial charge in [-0.2, -0.15) is 0 Å². The summed E-state index contributed by atoms with van der Waals surface area (Å²) in [6, 6.07) is 4.04. The van der Waals surface area contributed by atoms with Crippen molar-refractivity contribution in [3.8, 4) is 5.75 Å². The van der Waals surface area contributed by atoms with Gasteiger partial charge in [-0.3, -0.25) is 4.79 Å². The molecule has 2 fully saturated rings. The van der Waals surface area contributed by atoms with Crippen LogP contribution in [-0.4, -0.2) is 22.7 Å². The average Bonchev–Trinajstić information content (AvgIpc) is 2.50. The van der Waals surface area contributed by atoms with Crippen molar-refractivity contribution in [2.75, 3.05) is 0 Å². The van der Waals surface area contributed by atoms with Crippen LogP contribution in [0.3, 0.4) is 0 Å². The van der Waals surface area contributed by atoms with Crippen molar-refractivity contribution in [2.24, 2.45) is 11.8 Å². The number of carbonyl (C=O) groups is 1. The molecule has 0 aromatic heterocycles. The molecular weight excluding hydrogens is 314 g/mol. The largest absolute Gasteiger partial charge is 0.507 e. The first-order chi connectivity index (χ1) is 11.7. The summed E-state index contributed by atoms with van der Waals surface area (Å²) in [5.41, 5.74) is 2.60. The SMILES string of the molecule is CC(=O)N[C@@]1(C)C[C@H](c2cc(C)c(O)c(C)c2)O[C@@H]2C[C@H](C)CC[C@H]21. The van der Waals surface area contributed by atoms with E-state index in [-0.39, 0.29) is 23.7 Å². The molecule has 0 unspecified atom stereocenters. The first kappa shape index (κ1) is 18.2. The Labute approximate surface area is 151 Å². The van der Waals surface area contributed by atoms with Crippen molar-refractivity contribution < 1.29 is 14.6 Å². The van der Waals surface area contributed by atoms with Crippen molar-refractivity contribution in [3.63, 3.8) is 0 Å². The van der Waals surface area contributed by atoms with E-state index in [0.29, 0.717) is 17.6 Å². The highest BCUT2D eigenvalue weighted by atomic mass is 16.5. The zero-order valence-electron chi connectivity index (χ0n) is 16.1. The molecule has 4 nitrogen and oxygen atoms in total. The number of phenolic OH excluding ortho intramolecular Hbond substituents is 1. The van der Waals surface area contributed by atoms with E-state index < -0.39 is 0 Å². The van der Waals surface area contributed by atoms with Crippen LogP contribution < -0.4 is 5.32 Å². The predicted molar refractivity (Wildman–Crippen MR) is 98.5 cm³/mol. The zero-order valence-corrected chi connectivity index (χ0v) is 16.1. The maximum absolute atomic E-state index is 11.9. The van der Waals surface area contributed by atoms with E-state index in [9.17, 15) is 9.90 Å². The molecule has 1 saturated heterocycles. The first-order valence-corrected chi connectivity index (χ1v) is 9.44. The van der Waals surface area contributed by atoms with Crippen LogP contribution in [0.25, 0.3) is 0 Å². The van der Waals surface area contributed by atoms with Gasteiger partial charge < -0.3 is 15.2 Å². The summed E-state index contributed by atoms with van der Waals surface area (Å²) >= 11 is 0. The summed E-state index contributed by atoms with van der Waals surface area (Å²) in [6.07, 6.45) is 4.23. The topological polar surface area (TPSA) is 58.6 Å². The lowest BCUT2D eigenvalue weighted by molar-refractivity contribution is -0.153. The molecule has 2 aliphatic rings. The Hall–Kier alpha value is -1.55. The molecule has 1 heterocycles. The van der Waals surface area contributed by atoms with Crippen LogP contribution in [0.5, 0.6) is 5.75 Å². The van der Waals surface area contributed by atoms with Gasteiger partial charge in [0.25, 0.3) is 0 Å². The molecule has 2 N–H and O–H groups in total. The number of fused-ring (bicyclic) bond motifs is 1. The lowest BCUT2D eigenvalue weighted by Gasteiger charge is -2.52. The second-order valence-electron chi connectivity index (χ2n) is 8.49. The molecule has 1 aromatic carbocycles. The molecule has 0 spiro atoms. The van der Waals surface area contributed by atoms with Gasteiger partial charge in [0.15, 0.2) is 0 Å². The number of aromatic hydroxyl groups is 1. The van der Waals surface area contributed by atoms with E-state index in [4.69, 9.17) is 4.74 Å². The van der Waals surface area contributed by atoms with Crippen molar-refractivity contribution in [2.45, 2.75) is 78.0 Å². The van der Waals surface area contributed by atoms with Gasteiger partial charge in [-0.05, 0) is 68.4 Å². The number of hydrogen-bond acceptors (Lipinski definition) is 3. The molecule has 138 valence electrons. The van der Waals surface area contributed by atoms with E-state index in [1.165, 1.54) is 6.42 Å². The van der Waals surface area contributed by atoms with Gasteiger partial charge in [-0.25, -0.2) is 0 Å². The van der Waals surface area contributed by atoms with E-state index in [2.05, 4.69) is 19.2 Å². The zero-order chi connectivity index (χ0) is 18.4. The molecule has 1 saturated carbocycles. The van der Waals surface area contributed by atoms with Gasteiger partial charge in [0.1, 0.15) is 5.75 Å². The molecule has 1 aromatic rings. The number of carbonyl (C=O) groups excluding carboxylic acids is 1. The minimum absolute atomic E-state index is 0.0265. The number of aryl methyl sites for hydroxylation is 2. The second-order valence-corrected chi connectivity index (χ2v) is 8.49. The highest BCUT2D eigenvalue weighted by Gasteiger charge is 2.49. The Morgan fingerprint density at radius 1 is 1.28 bits per heavy atom. The molecule has 4 heteroatoms. The van der Waals surface area contributed by atoms with Crippen LogP contribution in [0, 0.1) is 25.7 Å². The summed E-state index contributed by atoms with van der Waals surface area (Å²) in [5, 5.41) is 13.3. The molecular formula is C21H31NO3.